The van der Waals surface area contributed by atoms with Crippen LogP contribution >= 0.6 is 0 Å². The van der Waals surface area contributed by atoms with E-state index in [0.717, 1.165) is 11.8 Å². The van der Waals surface area contributed by atoms with Crippen LogP contribution in [0.25, 0.3) is 0 Å². The molecule has 0 saturated carbocycles. The Morgan fingerprint density at radius 2 is 2.16 bits per heavy atom. The largest absolute Gasteiger partial charge is 0.496 e. The van der Waals surface area contributed by atoms with Gasteiger partial charge in [-0.05, 0) is 30.7 Å². The minimum atomic E-state index is -3.75. The molecular weight excluding hydrogens is 268 g/mol. The topological polar surface area (TPSA) is 110 Å². The van der Waals surface area contributed by atoms with E-state index in [1.807, 2.05) is 6.92 Å². The maximum atomic E-state index is 12.1. The highest BCUT2D eigenvalue weighted by Crippen LogP contribution is 2.24. The van der Waals surface area contributed by atoms with Crippen LogP contribution in [0, 0.1) is 6.92 Å². The molecule has 102 valence electrons. The summed E-state index contributed by atoms with van der Waals surface area (Å²) in [7, 11) is -2.19. The number of nitrogens with two attached hydrogens (primary N) is 1. The maximum absolute atomic E-state index is 12.1. The Morgan fingerprint density at radius 3 is 2.68 bits per heavy atom. The van der Waals surface area contributed by atoms with Crippen molar-refractivity contribution in [2.75, 3.05) is 17.6 Å². The first-order chi connectivity index (χ1) is 8.94. The van der Waals surface area contributed by atoms with Gasteiger partial charge in [0.05, 0.1) is 13.3 Å². The van der Waals surface area contributed by atoms with Crippen LogP contribution in [0.2, 0.25) is 0 Å². The van der Waals surface area contributed by atoms with Gasteiger partial charge in [-0.3, -0.25) is 9.82 Å². The van der Waals surface area contributed by atoms with Gasteiger partial charge in [-0.2, -0.15) is 5.10 Å². The van der Waals surface area contributed by atoms with Gasteiger partial charge in [-0.1, -0.05) is 0 Å². The smallest absolute Gasteiger partial charge is 0.267 e. The van der Waals surface area contributed by atoms with Gasteiger partial charge in [0, 0.05) is 5.69 Å². The van der Waals surface area contributed by atoms with Crippen molar-refractivity contribution in [2.24, 2.45) is 0 Å². The van der Waals surface area contributed by atoms with E-state index in [0.29, 0.717) is 11.4 Å². The third-order valence-electron chi connectivity index (χ3n) is 2.57. The number of nitrogen functional groups attached to an aromatic ring is 1. The molecule has 0 spiro atoms. The zero-order chi connectivity index (χ0) is 14.0. The van der Waals surface area contributed by atoms with Gasteiger partial charge in [0.1, 0.15) is 16.5 Å². The van der Waals surface area contributed by atoms with Crippen molar-refractivity contribution in [3.8, 4) is 5.75 Å². The Hall–Kier alpha value is -2.22. The van der Waals surface area contributed by atoms with Gasteiger partial charge in [0.2, 0.25) is 0 Å². The van der Waals surface area contributed by atoms with Gasteiger partial charge >= 0.3 is 0 Å². The van der Waals surface area contributed by atoms with Crippen LogP contribution in [0.5, 0.6) is 5.75 Å². The average Bonchev–Trinajstić information content (AvgIpc) is 2.76. The van der Waals surface area contributed by atoms with Crippen molar-refractivity contribution in [3.63, 3.8) is 0 Å². The molecule has 7 nitrogen and oxygen atoms in total. The first-order valence-corrected chi connectivity index (χ1v) is 6.88. The molecule has 1 heterocycles. The van der Waals surface area contributed by atoms with Gasteiger partial charge < -0.3 is 10.5 Å². The number of methoxy groups -OCH3 is 1. The van der Waals surface area contributed by atoms with Crippen LogP contribution in [0.15, 0.2) is 29.3 Å². The highest BCUT2D eigenvalue weighted by Gasteiger charge is 2.19. The molecule has 19 heavy (non-hydrogen) atoms. The minimum Gasteiger partial charge on any atom is -0.496 e. The summed E-state index contributed by atoms with van der Waals surface area (Å²) in [5.41, 5.74) is 6.75. The number of benzene rings is 1. The van der Waals surface area contributed by atoms with Crippen molar-refractivity contribution >= 4 is 21.5 Å². The van der Waals surface area contributed by atoms with Crippen LogP contribution in [0.4, 0.5) is 11.5 Å². The first kappa shape index (κ1) is 13.2. The Morgan fingerprint density at radius 1 is 1.42 bits per heavy atom. The lowest BCUT2D eigenvalue weighted by Crippen LogP contribution is -2.14. The van der Waals surface area contributed by atoms with Crippen molar-refractivity contribution in [2.45, 2.75) is 11.8 Å². The maximum Gasteiger partial charge on any atom is 0.267 e. The molecular formula is C11H14N4O3S. The molecule has 1 aromatic heterocycles. The molecule has 0 aliphatic heterocycles. The number of sulfonamides is 1. The summed E-state index contributed by atoms with van der Waals surface area (Å²) >= 11 is 0. The quantitative estimate of drug-likeness (QED) is 0.778. The number of hydrogen-bond donors (Lipinski definition) is 3. The monoisotopic (exact) mass is 282 g/mol. The molecule has 8 heteroatoms. The molecule has 1 aromatic carbocycles. The zero-order valence-corrected chi connectivity index (χ0v) is 11.3. The lowest BCUT2D eigenvalue weighted by molar-refractivity contribution is 0.412. The first-order valence-electron chi connectivity index (χ1n) is 5.40. The van der Waals surface area contributed by atoms with Crippen molar-refractivity contribution in [1.29, 1.82) is 0 Å². The molecule has 0 unspecified atom stereocenters. The summed E-state index contributed by atoms with van der Waals surface area (Å²) < 4.78 is 31.7. The highest BCUT2D eigenvalue weighted by atomic mass is 32.2. The van der Waals surface area contributed by atoms with Crippen LogP contribution in [0.1, 0.15) is 5.56 Å². The number of nitrogens with zero attached hydrogens (tertiary/aromatic N) is 1. The molecule has 4 N–H and O–H groups in total. The summed E-state index contributed by atoms with van der Waals surface area (Å²) in [5, 5.41) is 5.96. The number of aromatic amines is 1. The third-order valence-corrected chi connectivity index (χ3v) is 3.98. The van der Waals surface area contributed by atoms with Crippen molar-refractivity contribution < 1.29 is 13.2 Å². The summed E-state index contributed by atoms with van der Waals surface area (Å²) in [5.74, 6) is 0.684. The number of nitrogens with one attached hydrogen (secondary N) is 2. The fourth-order valence-electron chi connectivity index (χ4n) is 1.65. The van der Waals surface area contributed by atoms with E-state index in [1.54, 1.807) is 25.3 Å². The third kappa shape index (κ3) is 2.63. The zero-order valence-electron chi connectivity index (χ0n) is 10.5. The predicted octanol–water partition coefficient (Wildman–Crippen LogP) is 1.11. The molecule has 0 amide bonds. The SMILES string of the molecule is COc1ccc(NS(=O)(=O)c2cn[nH]c2N)cc1C. The van der Waals surface area contributed by atoms with E-state index in [4.69, 9.17) is 10.5 Å². The van der Waals surface area contributed by atoms with E-state index in [2.05, 4.69) is 14.9 Å². The average molecular weight is 282 g/mol. The Balaban J connectivity index is 2.31. The summed E-state index contributed by atoms with van der Waals surface area (Å²) in [6.07, 6.45) is 1.16. The molecule has 0 saturated heterocycles. The standard InChI is InChI=1S/C11H14N4O3S/c1-7-5-8(3-4-9(7)18-2)15-19(16,17)10-6-13-14-11(10)12/h3-6,15H,1-2H3,(H3,12,13,14). The normalized spacial score (nSPS) is 11.3. The van der Waals surface area contributed by atoms with Crippen LogP contribution in [0.3, 0.4) is 0 Å². The molecule has 0 aliphatic rings. The van der Waals surface area contributed by atoms with Gasteiger partial charge in [-0.25, -0.2) is 8.42 Å². The molecule has 0 atom stereocenters. The van der Waals surface area contributed by atoms with Crippen molar-refractivity contribution in [1.82, 2.24) is 10.2 Å². The number of anilines is 2. The van der Waals surface area contributed by atoms with Crippen LogP contribution in [-0.4, -0.2) is 25.7 Å². The second kappa shape index (κ2) is 4.81. The number of aryl methyl sites for hydroxylation is 1. The van der Waals surface area contributed by atoms with Gasteiger partial charge in [-0.15, -0.1) is 0 Å². The fourth-order valence-corrected chi connectivity index (χ4v) is 2.73. The molecule has 0 bridgehead atoms. The summed E-state index contributed by atoms with van der Waals surface area (Å²) in [6, 6.07) is 4.97. The Labute approximate surface area is 110 Å². The lowest BCUT2D eigenvalue weighted by atomic mass is 10.2. The minimum absolute atomic E-state index is 0.00210. The predicted molar refractivity (Wildman–Crippen MR) is 71.5 cm³/mol. The van der Waals surface area contributed by atoms with Gasteiger partial charge in [0.15, 0.2) is 0 Å². The number of rotatable bonds is 4. The lowest BCUT2D eigenvalue weighted by Gasteiger charge is -2.10. The van der Waals surface area contributed by atoms with Crippen molar-refractivity contribution in [3.05, 3.63) is 30.0 Å². The molecule has 2 aromatic rings. The fraction of sp³-hybridized carbons (Fsp3) is 0.182. The van der Waals surface area contributed by atoms with E-state index < -0.39 is 10.0 Å². The molecule has 0 radical (unpaired) electrons. The van der Waals surface area contributed by atoms with E-state index in [1.165, 1.54) is 0 Å². The van der Waals surface area contributed by atoms with E-state index in [-0.39, 0.29) is 10.7 Å². The summed E-state index contributed by atoms with van der Waals surface area (Å²) in [6.45, 7) is 1.82. The second-order valence-electron chi connectivity index (χ2n) is 3.94. The van der Waals surface area contributed by atoms with Crippen LogP contribution < -0.4 is 15.2 Å². The molecule has 2 rings (SSSR count). The Kier molecular flexibility index (Phi) is 3.34. The van der Waals surface area contributed by atoms with E-state index >= 15 is 0 Å². The number of ether oxygens (including phenoxy) is 1. The number of aromatic nitrogens is 2. The Bertz CT molecular complexity index is 694. The van der Waals surface area contributed by atoms with E-state index in [9.17, 15) is 8.42 Å². The number of hydrogen-bond acceptors (Lipinski definition) is 5. The molecule has 0 fully saturated rings. The number of H-pyrrole nitrogens is 1. The highest BCUT2D eigenvalue weighted by molar-refractivity contribution is 7.92. The molecule has 0 aliphatic carbocycles. The van der Waals surface area contributed by atoms with Gasteiger partial charge in [0.25, 0.3) is 10.0 Å². The second-order valence-corrected chi connectivity index (χ2v) is 5.59. The van der Waals surface area contributed by atoms with Crippen LogP contribution in [-0.2, 0) is 10.0 Å². The summed E-state index contributed by atoms with van der Waals surface area (Å²) in [4.78, 5) is -0.0824.